The molecule has 0 aromatic heterocycles. The molecule has 1 fully saturated rings. The molecule has 0 aliphatic carbocycles. The van der Waals surface area contributed by atoms with Crippen LogP contribution >= 0.6 is 15.9 Å². The molecule has 9 nitrogen and oxygen atoms in total. The second-order valence-electron chi connectivity index (χ2n) is 9.11. The molecule has 5 rings (SSSR count). The zero-order valence-corrected chi connectivity index (χ0v) is 23.7. The lowest BCUT2D eigenvalue weighted by molar-refractivity contribution is -0.122. The second kappa shape index (κ2) is 13.0. The number of rotatable bonds is 9. The summed E-state index contributed by atoms with van der Waals surface area (Å²) in [4.78, 5) is 52.2. The second-order valence-corrected chi connectivity index (χ2v) is 10.0. The normalized spacial score (nSPS) is 14.0. The number of para-hydroxylation sites is 1. The summed E-state index contributed by atoms with van der Waals surface area (Å²) in [5.74, 6) is -1.24. The Kier molecular flexibility index (Phi) is 8.74. The summed E-state index contributed by atoms with van der Waals surface area (Å²) < 4.78 is 12.2. The minimum absolute atomic E-state index is 0.256. The van der Waals surface area contributed by atoms with Crippen molar-refractivity contribution in [3.05, 3.63) is 124 Å². The fraction of sp³-hybridized carbons (Fsp3) is 0.0625. The molecule has 2 N–H and O–H groups in total. The third-order valence-electron chi connectivity index (χ3n) is 6.13. The molecule has 42 heavy (non-hydrogen) atoms. The number of nitrogens with zero attached hydrogens (tertiary/aromatic N) is 1. The highest BCUT2D eigenvalue weighted by atomic mass is 79.9. The zero-order chi connectivity index (χ0) is 29.5. The highest BCUT2D eigenvalue weighted by molar-refractivity contribution is 9.10. The Bertz CT molecular complexity index is 1660. The van der Waals surface area contributed by atoms with Gasteiger partial charge in [-0.3, -0.25) is 19.7 Å². The van der Waals surface area contributed by atoms with Crippen molar-refractivity contribution < 1.29 is 28.7 Å². The van der Waals surface area contributed by atoms with Crippen LogP contribution in [0, 0.1) is 0 Å². The highest BCUT2D eigenvalue weighted by Gasteiger charge is 2.37. The number of benzene rings is 4. The largest absolute Gasteiger partial charge is 0.489 e. The van der Waals surface area contributed by atoms with Crippen LogP contribution in [-0.2, 0) is 21.0 Å². The molecule has 1 saturated heterocycles. The molecular weight excluding hydrogens is 602 g/mol. The van der Waals surface area contributed by atoms with Gasteiger partial charge in [-0.1, -0.05) is 64.5 Å². The van der Waals surface area contributed by atoms with E-state index in [2.05, 4.69) is 26.6 Å². The molecule has 5 amide bonds. The smallest absolute Gasteiger partial charge is 0.335 e. The lowest BCUT2D eigenvalue weighted by atomic mass is 10.1. The first-order chi connectivity index (χ1) is 20.4. The third kappa shape index (κ3) is 6.91. The van der Waals surface area contributed by atoms with Crippen LogP contribution in [-0.4, -0.2) is 30.4 Å². The zero-order valence-electron chi connectivity index (χ0n) is 22.1. The summed E-state index contributed by atoms with van der Waals surface area (Å²) in [7, 11) is 0. The first-order valence-electron chi connectivity index (χ1n) is 12.8. The Morgan fingerprint density at radius 3 is 2.26 bits per heavy atom. The van der Waals surface area contributed by atoms with E-state index in [1.165, 1.54) is 6.08 Å². The molecule has 0 radical (unpaired) electrons. The van der Waals surface area contributed by atoms with Gasteiger partial charge in [-0.15, -0.1) is 0 Å². The van der Waals surface area contributed by atoms with Gasteiger partial charge in [0.15, 0.2) is 6.61 Å². The molecular formula is C32H24BrN3O6. The molecule has 0 unspecified atom stereocenters. The minimum Gasteiger partial charge on any atom is -0.489 e. The molecule has 4 aromatic rings. The van der Waals surface area contributed by atoms with Crippen LogP contribution in [0.25, 0.3) is 6.08 Å². The predicted octanol–water partition coefficient (Wildman–Crippen LogP) is 5.71. The van der Waals surface area contributed by atoms with E-state index in [9.17, 15) is 19.2 Å². The molecule has 10 heteroatoms. The Hall–Kier alpha value is -5.22. The van der Waals surface area contributed by atoms with E-state index in [-0.39, 0.29) is 29.5 Å². The first-order valence-corrected chi connectivity index (χ1v) is 13.6. The van der Waals surface area contributed by atoms with Gasteiger partial charge in [-0.2, -0.15) is 0 Å². The number of carbonyl (C=O) groups is 4. The molecule has 0 bridgehead atoms. The van der Waals surface area contributed by atoms with Crippen molar-refractivity contribution in [2.24, 2.45) is 0 Å². The van der Waals surface area contributed by atoms with Crippen molar-refractivity contribution in [1.29, 1.82) is 0 Å². The van der Waals surface area contributed by atoms with E-state index >= 15 is 0 Å². The van der Waals surface area contributed by atoms with Gasteiger partial charge < -0.3 is 14.8 Å². The van der Waals surface area contributed by atoms with E-state index in [0.717, 1.165) is 10.5 Å². The van der Waals surface area contributed by atoms with Gasteiger partial charge in [0, 0.05) is 15.7 Å². The molecule has 1 aliphatic rings. The van der Waals surface area contributed by atoms with E-state index in [0.29, 0.717) is 28.1 Å². The number of hydrogen-bond acceptors (Lipinski definition) is 6. The van der Waals surface area contributed by atoms with Crippen LogP contribution < -0.4 is 25.0 Å². The number of imide groups is 2. The van der Waals surface area contributed by atoms with Gasteiger partial charge in [0.05, 0.1) is 5.69 Å². The first kappa shape index (κ1) is 28.3. The number of carbonyl (C=O) groups excluding carboxylic acids is 4. The van der Waals surface area contributed by atoms with E-state index in [4.69, 9.17) is 9.47 Å². The Labute approximate surface area is 249 Å². The van der Waals surface area contributed by atoms with Crippen LogP contribution in [0.2, 0.25) is 0 Å². The summed E-state index contributed by atoms with van der Waals surface area (Å²) >= 11 is 3.38. The van der Waals surface area contributed by atoms with Gasteiger partial charge in [0.1, 0.15) is 23.7 Å². The number of urea groups is 1. The standard InChI is InChI=1S/C32H24BrN3O6/c33-23-11-16-28(42-20-29(37)34-24-9-5-2-6-10-24)22(17-23)18-27-30(38)35-32(40)36(31(27)39)25-12-14-26(15-13-25)41-19-21-7-3-1-4-8-21/h1-18H,19-20H2,(H,34,37)(H,35,38,40)/b27-18+. The number of halogens is 1. The highest BCUT2D eigenvalue weighted by Crippen LogP contribution is 2.29. The number of nitrogens with one attached hydrogen (secondary N) is 2. The number of hydrogen-bond donors (Lipinski definition) is 2. The van der Waals surface area contributed by atoms with Crippen molar-refractivity contribution >= 4 is 57.1 Å². The van der Waals surface area contributed by atoms with Gasteiger partial charge in [0.25, 0.3) is 17.7 Å². The predicted molar refractivity (Wildman–Crippen MR) is 161 cm³/mol. The quantitative estimate of drug-likeness (QED) is 0.182. The Morgan fingerprint density at radius 1 is 0.857 bits per heavy atom. The summed E-state index contributed by atoms with van der Waals surface area (Å²) in [6.07, 6.45) is 1.32. The molecule has 210 valence electrons. The maximum Gasteiger partial charge on any atom is 0.335 e. The summed E-state index contributed by atoms with van der Waals surface area (Å²) in [6.45, 7) is 0.0474. The van der Waals surface area contributed by atoms with Gasteiger partial charge >= 0.3 is 6.03 Å². The third-order valence-corrected chi connectivity index (χ3v) is 6.63. The van der Waals surface area contributed by atoms with Gasteiger partial charge in [0.2, 0.25) is 0 Å². The van der Waals surface area contributed by atoms with E-state index in [1.54, 1.807) is 66.7 Å². The molecule has 0 atom stereocenters. The molecule has 0 spiro atoms. The number of barbiturate groups is 1. The van der Waals surface area contributed by atoms with Crippen molar-refractivity contribution in [3.8, 4) is 11.5 Å². The number of anilines is 2. The van der Waals surface area contributed by atoms with Crippen LogP contribution in [0.3, 0.4) is 0 Å². The van der Waals surface area contributed by atoms with E-state index in [1.807, 2.05) is 36.4 Å². The molecule has 1 heterocycles. The summed E-state index contributed by atoms with van der Waals surface area (Å²) in [5, 5.41) is 4.94. The van der Waals surface area contributed by atoms with Crippen LogP contribution in [0.15, 0.2) is 113 Å². The lowest BCUT2D eigenvalue weighted by Gasteiger charge is -2.26. The van der Waals surface area contributed by atoms with Crippen LogP contribution in [0.1, 0.15) is 11.1 Å². The van der Waals surface area contributed by atoms with Gasteiger partial charge in [-0.25, -0.2) is 9.69 Å². The van der Waals surface area contributed by atoms with E-state index < -0.39 is 17.8 Å². The molecule has 0 saturated carbocycles. The maximum atomic E-state index is 13.4. The maximum absolute atomic E-state index is 13.4. The minimum atomic E-state index is -0.872. The van der Waals surface area contributed by atoms with Crippen molar-refractivity contribution in [3.63, 3.8) is 0 Å². The van der Waals surface area contributed by atoms with Gasteiger partial charge in [-0.05, 0) is 66.2 Å². The lowest BCUT2D eigenvalue weighted by Crippen LogP contribution is -2.54. The van der Waals surface area contributed by atoms with Crippen molar-refractivity contribution in [2.45, 2.75) is 6.61 Å². The monoisotopic (exact) mass is 625 g/mol. The summed E-state index contributed by atoms with van der Waals surface area (Å²) in [5.41, 5.74) is 1.94. The average Bonchev–Trinajstić information content (AvgIpc) is 2.99. The fourth-order valence-electron chi connectivity index (χ4n) is 4.11. The Balaban J connectivity index is 1.32. The average molecular weight is 626 g/mol. The molecule has 4 aromatic carbocycles. The topological polar surface area (TPSA) is 114 Å². The van der Waals surface area contributed by atoms with Crippen LogP contribution in [0.4, 0.5) is 16.2 Å². The van der Waals surface area contributed by atoms with Crippen LogP contribution in [0.5, 0.6) is 11.5 Å². The summed E-state index contributed by atoms with van der Waals surface area (Å²) in [6, 6.07) is 29.0. The SMILES string of the molecule is O=C(COc1ccc(Br)cc1/C=C1\C(=O)NC(=O)N(c2ccc(OCc3ccccc3)cc2)C1=O)Nc1ccccc1. The Morgan fingerprint density at radius 2 is 1.55 bits per heavy atom. The van der Waals surface area contributed by atoms with Crippen molar-refractivity contribution in [2.75, 3.05) is 16.8 Å². The number of amides is 5. The number of ether oxygens (including phenoxy) is 2. The van der Waals surface area contributed by atoms with Crippen molar-refractivity contribution in [1.82, 2.24) is 5.32 Å². The molecule has 1 aliphatic heterocycles. The fourth-order valence-corrected chi connectivity index (χ4v) is 4.48.